The molecule has 2 aliphatic rings. The molecule has 6 nitrogen and oxygen atoms in total. The normalized spacial score (nSPS) is 25.8. The van der Waals surface area contributed by atoms with Crippen LogP contribution in [-0.4, -0.2) is 55.0 Å². The minimum atomic E-state index is 0.653. The molecule has 21 heavy (non-hydrogen) atoms. The highest BCUT2D eigenvalue weighted by molar-refractivity contribution is 5.08. The molecule has 4 heterocycles. The number of aromatic nitrogens is 4. The molecule has 0 saturated carbocycles. The quantitative estimate of drug-likeness (QED) is 0.826. The van der Waals surface area contributed by atoms with Gasteiger partial charge in [-0.1, -0.05) is 11.3 Å². The number of fused-ring (bicyclic) bond motifs is 2. The van der Waals surface area contributed by atoms with Crippen LogP contribution in [0, 0.1) is 0 Å². The van der Waals surface area contributed by atoms with Gasteiger partial charge in [0, 0.05) is 57.7 Å². The van der Waals surface area contributed by atoms with Crippen LogP contribution in [-0.2, 0) is 20.1 Å². The van der Waals surface area contributed by atoms with E-state index in [0.29, 0.717) is 12.1 Å². The fourth-order valence-electron chi connectivity index (χ4n) is 3.59. The van der Waals surface area contributed by atoms with Crippen molar-refractivity contribution < 1.29 is 0 Å². The molecule has 0 N–H and O–H groups in total. The lowest BCUT2D eigenvalue weighted by Crippen LogP contribution is -2.45. The highest BCUT2D eigenvalue weighted by atomic mass is 15.4. The second-order valence-corrected chi connectivity index (χ2v) is 6.11. The van der Waals surface area contributed by atoms with Crippen LogP contribution in [0.3, 0.4) is 0 Å². The fourth-order valence-corrected chi connectivity index (χ4v) is 3.59. The summed E-state index contributed by atoms with van der Waals surface area (Å²) in [6.07, 6.45) is 5.16. The molecule has 2 fully saturated rings. The van der Waals surface area contributed by atoms with E-state index in [0.717, 1.165) is 31.9 Å². The summed E-state index contributed by atoms with van der Waals surface area (Å²) in [5, 5.41) is 8.21. The molecular formula is C15H20N6. The van der Waals surface area contributed by atoms with Gasteiger partial charge in [-0.25, -0.2) is 0 Å². The Kier molecular flexibility index (Phi) is 3.20. The zero-order valence-electron chi connectivity index (χ0n) is 12.3. The number of pyridine rings is 1. The number of hydrogen-bond acceptors (Lipinski definition) is 5. The standard InChI is InChI=1S/C15H20N6/c1-19-7-13(17-18-19)9-21-11-14-6-15(21)10-20(14)8-12-4-2-3-5-16-12/h2-5,7,14-15H,6,8-11H2,1H3. The molecule has 0 spiro atoms. The van der Waals surface area contributed by atoms with E-state index >= 15 is 0 Å². The van der Waals surface area contributed by atoms with Crippen LogP contribution in [0.2, 0.25) is 0 Å². The monoisotopic (exact) mass is 284 g/mol. The second-order valence-electron chi connectivity index (χ2n) is 6.11. The van der Waals surface area contributed by atoms with Gasteiger partial charge in [0.15, 0.2) is 0 Å². The van der Waals surface area contributed by atoms with Crippen molar-refractivity contribution in [1.82, 2.24) is 29.8 Å². The molecule has 2 unspecified atom stereocenters. The van der Waals surface area contributed by atoms with Crippen LogP contribution in [0.5, 0.6) is 0 Å². The summed E-state index contributed by atoms with van der Waals surface area (Å²) < 4.78 is 1.77. The van der Waals surface area contributed by atoms with Gasteiger partial charge in [0.1, 0.15) is 0 Å². The topological polar surface area (TPSA) is 50.1 Å². The minimum Gasteiger partial charge on any atom is -0.292 e. The first-order valence-corrected chi connectivity index (χ1v) is 7.51. The Morgan fingerprint density at radius 1 is 1.10 bits per heavy atom. The van der Waals surface area contributed by atoms with Crippen molar-refractivity contribution >= 4 is 0 Å². The van der Waals surface area contributed by atoms with Gasteiger partial charge >= 0.3 is 0 Å². The van der Waals surface area contributed by atoms with Gasteiger partial charge in [-0.3, -0.25) is 19.5 Å². The number of nitrogens with zero attached hydrogens (tertiary/aromatic N) is 6. The zero-order valence-corrected chi connectivity index (χ0v) is 12.3. The summed E-state index contributed by atoms with van der Waals surface area (Å²) in [5.74, 6) is 0. The summed E-state index contributed by atoms with van der Waals surface area (Å²) in [4.78, 5) is 9.55. The first-order chi connectivity index (χ1) is 10.3. The van der Waals surface area contributed by atoms with Crippen LogP contribution >= 0.6 is 0 Å². The summed E-state index contributed by atoms with van der Waals surface area (Å²) >= 11 is 0. The SMILES string of the molecule is Cn1cc(CN2CC3CC2CN3Cc2ccccn2)nn1. The van der Waals surface area contributed by atoms with Crippen LogP contribution in [0.1, 0.15) is 17.8 Å². The summed E-state index contributed by atoms with van der Waals surface area (Å²) in [5.41, 5.74) is 2.24. The molecule has 2 atom stereocenters. The molecule has 2 bridgehead atoms. The summed E-state index contributed by atoms with van der Waals surface area (Å²) in [6.45, 7) is 4.17. The molecule has 0 amide bonds. The first-order valence-electron chi connectivity index (χ1n) is 7.51. The molecule has 0 aromatic carbocycles. The Hall–Kier alpha value is -1.79. The molecule has 6 heteroatoms. The van der Waals surface area contributed by atoms with Crippen molar-refractivity contribution in [3.05, 3.63) is 42.0 Å². The van der Waals surface area contributed by atoms with Crippen LogP contribution < -0.4 is 0 Å². The van der Waals surface area contributed by atoms with Crippen LogP contribution in [0.15, 0.2) is 30.6 Å². The fraction of sp³-hybridized carbons (Fsp3) is 0.533. The van der Waals surface area contributed by atoms with Gasteiger partial charge in [0.05, 0.1) is 11.4 Å². The highest BCUT2D eigenvalue weighted by Gasteiger charge is 2.43. The van der Waals surface area contributed by atoms with Gasteiger partial charge in [0.2, 0.25) is 0 Å². The lowest BCUT2D eigenvalue weighted by atomic mass is 10.2. The summed E-state index contributed by atoms with van der Waals surface area (Å²) in [7, 11) is 1.92. The lowest BCUT2D eigenvalue weighted by molar-refractivity contribution is 0.116. The van der Waals surface area contributed by atoms with E-state index in [4.69, 9.17) is 0 Å². The van der Waals surface area contributed by atoms with Crippen molar-refractivity contribution in [3.63, 3.8) is 0 Å². The van der Waals surface area contributed by atoms with Gasteiger partial charge in [-0.15, -0.1) is 5.10 Å². The molecular weight excluding hydrogens is 264 g/mol. The Morgan fingerprint density at radius 2 is 1.86 bits per heavy atom. The van der Waals surface area contributed by atoms with E-state index < -0.39 is 0 Å². The number of hydrogen-bond donors (Lipinski definition) is 0. The maximum atomic E-state index is 4.44. The minimum absolute atomic E-state index is 0.653. The number of rotatable bonds is 4. The number of aryl methyl sites for hydroxylation is 1. The zero-order chi connectivity index (χ0) is 14.2. The number of piperazine rings is 1. The van der Waals surface area contributed by atoms with E-state index in [-0.39, 0.29) is 0 Å². The van der Waals surface area contributed by atoms with Crippen LogP contribution in [0.25, 0.3) is 0 Å². The predicted octanol–water partition coefficient (Wildman–Crippen LogP) is 0.669. The largest absolute Gasteiger partial charge is 0.292 e. The highest BCUT2D eigenvalue weighted by Crippen LogP contribution is 2.32. The Labute approximate surface area is 124 Å². The Morgan fingerprint density at radius 3 is 2.43 bits per heavy atom. The maximum Gasteiger partial charge on any atom is 0.0967 e. The van der Waals surface area contributed by atoms with Crippen molar-refractivity contribution in [1.29, 1.82) is 0 Å². The van der Waals surface area contributed by atoms with Crippen molar-refractivity contribution in [2.24, 2.45) is 7.05 Å². The Balaban J connectivity index is 1.37. The third-order valence-corrected chi connectivity index (χ3v) is 4.57. The molecule has 0 radical (unpaired) electrons. The Bertz CT molecular complexity index is 610. The van der Waals surface area contributed by atoms with E-state index in [1.807, 2.05) is 25.5 Å². The second kappa shape index (κ2) is 5.20. The first kappa shape index (κ1) is 12.9. The van der Waals surface area contributed by atoms with E-state index in [2.05, 4.69) is 37.2 Å². The molecule has 2 saturated heterocycles. The average molecular weight is 284 g/mol. The smallest absolute Gasteiger partial charge is 0.0967 e. The van der Waals surface area contributed by atoms with Crippen molar-refractivity contribution in [2.45, 2.75) is 31.6 Å². The molecule has 110 valence electrons. The molecule has 0 aliphatic carbocycles. The van der Waals surface area contributed by atoms with E-state index in [9.17, 15) is 0 Å². The molecule has 2 aromatic rings. The van der Waals surface area contributed by atoms with Gasteiger partial charge in [-0.2, -0.15) is 0 Å². The van der Waals surface area contributed by atoms with E-state index in [1.165, 1.54) is 12.1 Å². The van der Waals surface area contributed by atoms with Gasteiger partial charge < -0.3 is 0 Å². The lowest BCUT2D eigenvalue weighted by Gasteiger charge is -2.33. The van der Waals surface area contributed by atoms with Crippen molar-refractivity contribution in [2.75, 3.05) is 13.1 Å². The third kappa shape index (κ3) is 2.56. The third-order valence-electron chi connectivity index (χ3n) is 4.57. The molecule has 2 aromatic heterocycles. The number of likely N-dealkylation sites (tertiary alicyclic amines) is 2. The van der Waals surface area contributed by atoms with Gasteiger partial charge in [-0.05, 0) is 18.6 Å². The average Bonchev–Trinajstić information content (AvgIpc) is 3.17. The molecule has 2 aliphatic heterocycles. The van der Waals surface area contributed by atoms with Crippen molar-refractivity contribution in [3.8, 4) is 0 Å². The predicted molar refractivity (Wildman–Crippen MR) is 78.3 cm³/mol. The maximum absolute atomic E-state index is 4.44. The van der Waals surface area contributed by atoms with Gasteiger partial charge in [0.25, 0.3) is 0 Å². The van der Waals surface area contributed by atoms with Crippen LogP contribution in [0.4, 0.5) is 0 Å². The van der Waals surface area contributed by atoms with E-state index in [1.54, 1.807) is 4.68 Å². The summed E-state index contributed by atoms with van der Waals surface area (Å²) in [6, 6.07) is 7.47. The molecule has 4 rings (SSSR count).